The molecule has 0 aromatic heterocycles. The molecule has 0 aliphatic carbocycles. The largest absolute Gasteiger partial charge is 0.395 e. The molecule has 2 rings (SSSR count). The second-order valence-corrected chi connectivity index (χ2v) is 5.76. The smallest absolute Gasteiger partial charge is 0.0558 e. The van der Waals surface area contributed by atoms with E-state index >= 15 is 0 Å². The first-order valence-corrected chi connectivity index (χ1v) is 7.95. The minimum Gasteiger partial charge on any atom is -0.395 e. The van der Waals surface area contributed by atoms with Gasteiger partial charge < -0.3 is 10.4 Å². The first-order valence-electron chi connectivity index (χ1n) is 7.95. The molecule has 2 N–H and O–H groups in total. The lowest BCUT2D eigenvalue weighted by atomic mass is 10.0. The van der Waals surface area contributed by atoms with Gasteiger partial charge in [-0.1, -0.05) is 37.3 Å². The fourth-order valence-electron chi connectivity index (χ4n) is 3.16. The first kappa shape index (κ1) is 15.5. The van der Waals surface area contributed by atoms with Gasteiger partial charge in [0.15, 0.2) is 0 Å². The number of hydrogen-bond acceptors (Lipinski definition) is 3. The molecule has 1 fully saturated rings. The van der Waals surface area contributed by atoms with Crippen LogP contribution in [0.15, 0.2) is 30.3 Å². The van der Waals surface area contributed by atoms with Gasteiger partial charge in [0.05, 0.1) is 6.61 Å². The average Bonchev–Trinajstić information content (AvgIpc) is 2.98. The predicted molar refractivity (Wildman–Crippen MR) is 83.9 cm³/mol. The lowest BCUT2D eigenvalue weighted by Crippen LogP contribution is -2.45. The fraction of sp³-hybridized carbons (Fsp3) is 0.647. The molecule has 112 valence electrons. The van der Waals surface area contributed by atoms with Gasteiger partial charge in [0, 0.05) is 25.2 Å². The third-order valence-corrected chi connectivity index (χ3v) is 4.31. The number of nitrogens with zero attached hydrogens (tertiary/aromatic N) is 1. The Bertz CT molecular complexity index is 363. The van der Waals surface area contributed by atoms with Gasteiger partial charge in [0.2, 0.25) is 0 Å². The summed E-state index contributed by atoms with van der Waals surface area (Å²) in [6, 6.07) is 11.8. The molecule has 1 aromatic carbocycles. The van der Waals surface area contributed by atoms with Gasteiger partial charge >= 0.3 is 0 Å². The zero-order valence-electron chi connectivity index (χ0n) is 12.6. The summed E-state index contributed by atoms with van der Waals surface area (Å²) in [6.07, 6.45) is 4.75. The van der Waals surface area contributed by atoms with E-state index in [9.17, 15) is 5.11 Å². The molecule has 0 amide bonds. The highest BCUT2D eigenvalue weighted by molar-refractivity contribution is 5.16. The maximum absolute atomic E-state index is 9.36. The van der Waals surface area contributed by atoms with Gasteiger partial charge in [0.1, 0.15) is 0 Å². The van der Waals surface area contributed by atoms with Crippen LogP contribution in [-0.4, -0.2) is 48.3 Å². The minimum atomic E-state index is 0.248. The van der Waals surface area contributed by atoms with Crippen LogP contribution in [0.5, 0.6) is 0 Å². The van der Waals surface area contributed by atoms with E-state index in [2.05, 4.69) is 47.5 Å². The second kappa shape index (κ2) is 8.40. The van der Waals surface area contributed by atoms with Crippen molar-refractivity contribution in [3.05, 3.63) is 35.9 Å². The number of rotatable bonds is 8. The van der Waals surface area contributed by atoms with Gasteiger partial charge in [-0.15, -0.1) is 0 Å². The number of hydrogen-bond donors (Lipinski definition) is 2. The lowest BCUT2D eigenvalue weighted by molar-refractivity contribution is 0.135. The Morgan fingerprint density at radius 1 is 1.35 bits per heavy atom. The van der Waals surface area contributed by atoms with E-state index in [1.165, 1.54) is 18.4 Å². The summed E-state index contributed by atoms with van der Waals surface area (Å²) in [4.78, 5) is 2.47. The van der Waals surface area contributed by atoms with E-state index in [-0.39, 0.29) is 6.61 Å². The third kappa shape index (κ3) is 4.58. The highest BCUT2D eigenvalue weighted by Crippen LogP contribution is 2.15. The molecule has 20 heavy (non-hydrogen) atoms. The quantitative estimate of drug-likeness (QED) is 0.763. The van der Waals surface area contributed by atoms with Crippen LogP contribution in [0.2, 0.25) is 0 Å². The Hall–Kier alpha value is -0.900. The summed E-state index contributed by atoms with van der Waals surface area (Å²) in [5.74, 6) is 0. The molecular weight excluding hydrogens is 248 g/mol. The molecule has 0 bridgehead atoms. The van der Waals surface area contributed by atoms with Crippen LogP contribution in [0.4, 0.5) is 0 Å². The van der Waals surface area contributed by atoms with Gasteiger partial charge in [-0.05, 0) is 37.8 Å². The van der Waals surface area contributed by atoms with Gasteiger partial charge in [0.25, 0.3) is 0 Å². The Morgan fingerprint density at radius 2 is 2.15 bits per heavy atom. The molecule has 3 nitrogen and oxygen atoms in total. The Morgan fingerprint density at radius 3 is 2.75 bits per heavy atom. The van der Waals surface area contributed by atoms with Crippen molar-refractivity contribution < 1.29 is 5.11 Å². The molecule has 2 unspecified atom stereocenters. The van der Waals surface area contributed by atoms with Crippen LogP contribution in [0.1, 0.15) is 31.7 Å². The summed E-state index contributed by atoms with van der Waals surface area (Å²) >= 11 is 0. The predicted octanol–water partition coefficient (Wildman–Crippen LogP) is 2.05. The number of nitrogens with one attached hydrogen (secondary N) is 1. The average molecular weight is 276 g/mol. The summed E-state index contributed by atoms with van der Waals surface area (Å²) in [6.45, 7) is 5.49. The van der Waals surface area contributed by atoms with E-state index in [1.54, 1.807) is 0 Å². The first-order chi connectivity index (χ1) is 9.83. The summed E-state index contributed by atoms with van der Waals surface area (Å²) in [7, 11) is 0. The van der Waals surface area contributed by atoms with Crippen molar-refractivity contribution >= 4 is 0 Å². The monoisotopic (exact) mass is 276 g/mol. The minimum absolute atomic E-state index is 0.248. The zero-order chi connectivity index (χ0) is 14.2. The van der Waals surface area contributed by atoms with E-state index in [1.807, 2.05) is 0 Å². The van der Waals surface area contributed by atoms with Crippen LogP contribution >= 0.6 is 0 Å². The van der Waals surface area contributed by atoms with Gasteiger partial charge in [-0.3, -0.25) is 4.90 Å². The van der Waals surface area contributed by atoms with Crippen LogP contribution < -0.4 is 5.32 Å². The number of benzene rings is 1. The second-order valence-electron chi connectivity index (χ2n) is 5.76. The van der Waals surface area contributed by atoms with Crippen LogP contribution in [0, 0.1) is 0 Å². The van der Waals surface area contributed by atoms with E-state index in [0.29, 0.717) is 12.1 Å². The van der Waals surface area contributed by atoms with E-state index in [0.717, 1.165) is 32.5 Å². The molecule has 1 aliphatic rings. The molecule has 1 heterocycles. The van der Waals surface area contributed by atoms with Gasteiger partial charge in [-0.25, -0.2) is 0 Å². The maximum atomic E-state index is 9.36. The zero-order valence-corrected chi connectivity index (χ0v) is 12.6. The molecule has 3 heteroatoms. The number of aliphatic hydroxyl groups is 1. The van der Waals surface area contributed by atoms with Crippen molar-refractivity contribution in [3.63, 3.8) is 0 Å². The summed E-state index contributed by atoms with van der Waals surface area (Å²) in [5, 5.41) is 12.9. The summed E-state index contributed by atoms with van der Waals surface area (Å²) in [5.41, 5.74) is 1.39. The third-order valence-electron chi connectivity index (χ3n) is 4.31. The molecule has 1 saturated heterocycles. The van der Waals surface area contributed by atoms with Crippen molar-refractivity contribution in [2.75, 3.05) is 26.2 Å². The Kier molecular flexibility index (Phi) is 6.51. The SMILES string of the molecule is CCC(Cc1ccccc1)N(CCO)CC1CCCN1. The molecular formula is C17H28N2O. The van der Waals surface area contributed by atoms with Gasteiger partial charge in [-0.2, -0.15) is 0 Å². The van der Waals surface area contributed by atoms with Crippen molar-refractivity contribution in [3.8, 4) is 0 Å². The van der Waals surface area contributed by atoms with Crippen molar-refractivity contribution in [2.24, 2.45) is 0 Å². The normalized spacial score (nSPS) is 20.4. The standard InChI is InChI=1S/C17H28N2O/c1-2-17(13-15-7-4-3-5-8-15)19(11-12-20)14-16-9-6-10-18-16/h3-5,7-8,16-18,20H,2,6,9-14H2,1H3. The molecule has 1 aromatic rings. The lowest BCUT2D eigenvalue weighted by Gasteiger charge is -2.33. The van der Waals surface area contributed by atoms with Crippen molar-refractivity contribution in [1.82, 2.24) is 10.2 Å². The van der Waals surface area contributed by atoms with Crippen molar-refractivity contribution in [1.29, 1.82) is 0 Å². The molecule has 2 atom stereocenters. The molecule has 0 radical (unpaired) electrons. The Balaban J connectivity index is 1.96. The summed E-state index contributed by atoms with van der Waals surface area (Å²) < 4.78 is 0. The molecule has 0 spiro atoms. The van der Waals surface area contributed by atoms with Crippen LogP contribution in [-0.2, 0) is 6.42 Å². The topological polar surface area (TPSA) is 35.5 Å². The van der Waals surface area contributed by atoms with E-state index in [4.69, 9.17) is 0 Å². The molecule has 0 saturated carbocycles. The fourth-order valence-corrected chi connectivity index (χ4v) is 3.16. The molecule has 1 aliphatic heterocycles. The maximum Gasteiger partial charge on any atom is 0.0558 e. The van der Waals surface area contributed by atoms with Crippen LogP contribution in [0.3, 0.4) is 0 Å². The van der Waals surface area contributed by atoms with E-state index < -0.39 is 0 Å². The number of aliphatic hydroxyl groups excluding tert-OH is 1. The highest BCUT2D eigenvalue weighted by Gasteiger charge is 2.22. The van der Waals surface area contributed by atoms with Crippen LogP contribution in [0.25, 0.3) is 0 Å². The Labute approximate surface area is 123 Å². The van der Waals surface area contributed by atoms with Crippen molar-refractivity contribution in [2.45, 2.75) is 44.7 Å². The highest BCUT2D eigenvalue weighted by atomic mass is 16.3.